The predicted octanol–water partition coefficient (Wildman–Crippen LogP) is 2.74. The Labute approximate surface area is 166 Å². The number of anilines is 2. The SMILES string of the molecule is O=[N+]([O-])c1cc2c(NCCc3cccc(F)c3)ncnc2cc1N1CCNCC1. The zero-order valence-corrected chi connectivity index (χ0v) is 15.8. The molecule has 0 amide bonds. The quantitative estimate of drug-likeness (QED) is 0.488. The van der Waals surface area contributed by atoms with E-state index in [9.17, 15) is 14.5 Å². The summed E-state index contributed by atoms with van der Waals surface area (Å²) in [6, 6.07) is 9.73. The molecule has 0 radical (unpaired) electrons. The van der Waals surface area contributed by atoms with Gasteiger partial charge in [0.05, 0.1) is 10.4 Å². The van der Waals surface area contributed by atoms with Gasteiger partial charge in [-0.15, -0.1) is 0 Å². The highest BCUT2D eigenvalue weighted by Gasteiger charge is 2.23. The number of nitro benzene ring substituents is 1. The molecule has 2 aromatic carbocycles. The van der Waals surface area contributed by atoms with Crippen LogP contribution in [0.1, 0.15) is 5.56 Å². The van der Waals surface area contributed by atoms with Gasteiger partial charge in [-0.25, -0.2) is 14.4 Å². The molecule has 0 unspecified atom stereocenters. The number of hydrogen-bond acceptors (Lipinski definition) is 7. The highest BCUT2D eigenvalue weighted by Crippen LogP contribution is 2.34. The fourth-order valence-corrected chi connectivity index (χ4v) is 3.54. The van der Waals surface area contributed by atoms with Gasteiger partial charge in [0.1, 0.15) is 23.6 Å². The topological polar surface area (TPSA) is 96.2 Å². The second-order valence-corrected chi connectivity index (χ2v) is 6.88. The van der Waals surface area contributed by atoms with Gasteiger partial charge in [0, 0.05) is 44.2 Å². The van der Waals surface area contributed by atoms with E-state index in [-0.39, 0.29) is 16.4 Å². The number of hydrogen-bond donors (Lipinski definition) is 2. The van der Waals surface area contributed by atoms with Gasteiger partial charge in [0.15, 0.2) is 0 Å². The van der Waals surface area contributed by atoms with E-state index in [1.54, 1.807) is 12.1 Å². The number of nitrogens with one attached hydrogen (secondary N) is 2. The van der Waals surface area contributed by atoms with Crippen molar-refractivity contribution in [3.05, 3.63) is 64.2 Å². The van der Waals surface area contributed by atoms with Crippen molar-refractivity contribution in [1.82, 2.24) is 15.3 Å². The van der Waals surface area contributed by atoms with Crippen LogP contribution in [-0.2, 0) is 6.42 Å². The Morgan fingerprint density at radius 3 is 2.79 bits per heavy atom. The number of halogens is 1. The number of piperazine rings is 1. The highest BCUT2D eigenvalue weighted by atomic mass is 19.1. The number of nitro groups is 1. The molecule has 1 fully saturated rings. The van der Waals surface area contributed by atoms with Crippen LogP contribution >= 0.6 is 0 Å². The lowest BCUT2D eigenvalue weighted by Gasteiger charge is -2.29. The zero-order chi connectivity index (χ0) is 20.2. The lowest BCUT2D eigenvalue weighted by molar-refractivity contribution is -0.384. The molecule has 8 nitrogen and oxygen atoms in total. The lowest BCUT2D eigenvalue weighted by atomic mass is 10.1. The highest BCUT2D eigenvalue weighted by molar-refractivity contribution is 5.94. The van der Waals surface area contributed by atoms with Crippen molar-refractivity contribution in [3.8, 4) is 0 Å². The van der Waals surface area contributed by atoms with E-state index in [0.717, 1.165) is 18.7 Å². The molecule has 1 aliphatic rings. The Bertz CT molecular complexity index is 1040. The van der Waals surface area contributed by atoms with Crippen LogP contribution in [0.2, 0.25) is 0 Å². The second kappa shape index (κ2) is 8.36. The summed E-state index contributed by atoms with van der Waals surface area (Å²) >= 11 is 0. The maximum Gasteiger partial charge on any atom is 0.293 e. The summed E-state index contributed by atoms with van der Waals surface area (Å²) < 4.78 is 13.3. The third-order valence-electron chi connectivity index (χ3n) is 4.98. The first-order valence-corrected chi connectivity index (χ1v) is 9.49. The molecular formula is C20H21FN6O2. The summed E-state index contributed by atoms with van der Waals surface area (Å²) in [7, 11) is 0. The number of fused-ring (bicyclic) bond motifs is 1. The van der Waals surface area contributed by atoms with Gasteiger partial charge < -0.3 is 15.5 Å². The van der Waals surface area contributed by atoms with Crippen LogP contribution in [0.4, 0.5) is 21.6 Å². The minimum absolute atomic E-state index is 0.0439. The molecule has 0 atom stereocenters. The summed E-state index contributed by atoms with van der Waals surface area (Å²) in [5, 5.41) is 18.8. The molecule has 0 aliphatic carbocycles. The van der Waals surface area contributed by atoms with E-state index < -0.39 is 0 Å². The summed E-state index contributed by atoms with van der Waals surface area (Å²) in [6.45, 7) is 3.49. The maximum atomic E-state index is 13.3. The average Bonchev–Trinajstić information content (AvgIpc) is 2.73. The Morgan fingerprint density at radius 1 is 1.21 bits per heavy atom. The Balaban J connectivity index is 1.61. The molecule has 29 heavy (non-hydrogen) atoms. The molecule has 1 aromatic heterocycles. The fourth-order valence-electron chi connectivity index (χ4n) is 3.54. The van der Waals surface area contributed by atoms with Crippen LogP contribution in [0.15, 0.2) is 42.7 Å². The minimum atomic E-state index is -0.361. The molecule has 9 heteroatoms. The molecule has 3 aromatic rings. The first-order chi connectivity index (χ1) is 14.1. The van der Waals surface area contributed by atoms with Crippen molar-refractivity contribution in [2.24, 2.45) is 0 Å². The maximum absolute atomic E-state index is 13.3. The summed E-state index contributed by atoms with van der Waals surface area (Å²) in [4.78, 5) is 21.9. The van der Waals surface area contributed by atoms with Crippen LogP contribution in [0.25, 0.3) is 10.9 Å². The van der Waals surface area contributed by atoms with Crippen LogP contribution in [0.5, 0.6) is 0 Å². The van der Waals surface area contributed by atoms with Crippen LogP contribution in [-0.4, -0.2) is 47.6 Å². The third kappa shape index (κ3) is 4.24. The van der Waals surface area contributed by atoms with Gasteiger partial charge in [-0.05, 0) is 30.2 Å². The Morgan fingerprint density at radius 2 is 2.03 bits per heavy atom. The van der Waals surface area contributed by atoms with E-state index in [4.69, 9.17) is 0 Å². The van der Waals surface area contributed by atoms with Crippen LogP contribution in [0.3, 0.4) is 0 Å². The summed E-state index contributed by atoms with van der Waals surface area (Å²) in [5.41, 5.74) is 2.13. The Hall–Kier alpha value is -3.33. The van der Waals surface area contributed by atoms with Crippen molar-refractivity contribution in [2.75, 3.05) is 42.9 Å². The average molecular weight is 396 g/mol. The van der Waals surface area contributed by atoms with Crippen molar-refractivity contribution >= 4 is 28.1 Å². The monoisotopic (exact) mass is 396 g/mol. The minimum Gasteiger partial charge on any atom is -0.369 e. The molecule has 1 aliphatic heterocycles. The molecule has 2 N–H and O–H groups in total. The molecule has 2 heterocycles. The van der Waals surface area contributed by atoms with Crippen molar-refractivity contribution in [2.45, 2.75) is 6.42 Å². The molecule has 1 saturated heterocycles. The molecule has 0 saturated carbocycles. The number of rotatable bonds is 6. The number of benzene rings is 2. The third-order valence-corrected chi connectivity index (χ3v) is 4.98. The van der Waals surface area contributed by atoms with Gasteiger partial charge in [0.2, 0.25) is 0 Å². The van der Waals surface area contributed by atoms with Crippen LogP contribution in [0, 0.1) is 15.9 Å². The molecular weight excluding hydrogens is 375 g/mol. The van der Waals surface area contributed by atoms with Gasteiger partial charge in [-0.2, -0.15) is 0 Å². The van der Waals surface area contributed by atoms with Crippen molar-refractivity contribution in [1.29, 1.82) is 0 Å². The number of aromatic nitrogens is 2. The smallest absolute Gasteiger partial charge is 0.293 e. The Kier molecular flexibility index (Phi) is 5.48. The summed E-state index contributed by atoms with van der Waals surface area (Å²) in [6.07, 6.45) is 2.05. The van der Waals surface area contributed by atoms with Crippen LogP contribution < -0.4 is 15.5 Å². The van der Waals surface area contributed by atoms with E-state index >= 15 is 0 Å². The van der Waals surface area contributed by atoms with E-state index in [1.807, 2.05) is 11.0 Å². The summed E-state index contributed by atoms with van der Waals surface area (Å²) in [5.74, 6) is 0.257. The van der Waals surface area contributed by atoms with E-state index in [1.165, 1.54) is 24.5 Å². The first kappa shape index (κ1) is 19.0. The van der Waals surface area contributed by atoms with E-state index in [0.29, 0.717) is 48.5 Å². The normalized spacial score (nSPS) is 14.2. The molecule has 0 bridgehead atoms. The van der Waals surface area contributed by atoms with Gasteiger partial charge in [-0.3, -0.25) is 10.1 Å². The van der Waals surface area contributed by atoms with Crippen molar-refractivity contribution in [3.63, 3.8) is 0 Å². The standard InChI is InChI=1S/C20H21FN6O2/c21-15-3-1-2-14(10-15)4-5-23-20-16-11-19(27(28)29)18(12-17(16)24-13-25-20)26-8-6-22-7-9-26/h1-3,10-13,22H,4-9H2,(H,23,24,25). The largest absolute Gasteiger partial charge is 0.369 e. The van der Waals surface area contributed by atoms with Gasteiger partial charge in [0.25, 0.3) is 5.69 Å². The molecule has 150 valence electrons. The molecule has 0 spiro atoms. The predicted molar refractivity (Wildman–Crippen MR) is 110 cm³/mol. The molecule has 4 rings (SSSR count). The van der Waals surface area contributed by atoms with E-state index in [2.05, 4.69) is 20.6 Å². The first-order valence-electron chi connectivity index (χ1n) is 9.49. The van der Waals surface area contributed by atoms with Gasteiger partial charge in [-0.1, -0.05) is 12.1 Å². The van der Waals surface area contributed by atoms with Gasteiger partial charge >= 0.3 is 0 Å². The second-order valence-electron chi connectivity index (χ2n) is 6.88. The number of nitrogens with zero attached hydrogens (tertiary/aromatic N) is 4. The zero-order valence-electron chi connectivity index (χ0n) is 15.8. The fraction of sp³-hybridized carbons (Fsp3) is 0.300. The lowest BCUT2D eigenvalue weighted by Crippen LogP contribution is -2.43. The van der Waals surface area contributed by atoms with Crippen molar-refractivity contribution < 1.29 is 9.31 Å².